The van der Waals surface area contributed by atoms with E-state index in [0.29, 0.717) is 45.4 Å². The molecule has 124 valence electrons. The van der Waals surface area contributed by atoms with E-state index in [1.165, 1.54) is 12.1 Å². The first kappa shape index (κ1) is 18.3. The molecule has 22 heavy (non-hydrogen) atoms. The van der Waals surface area contributed by atoms with Crippen LogP contribution in [0, 0.1) is 10.1 Å². The number of nitrogens with zero attached hydrogens (tertiary/aromatic N) is 1. The summed E-state index contributed by atoms with van der Waals surface area (Å²) in [6, 6.07) is 5.85. The minimum atomic E-state index is -0.488. The first-order valence-corrected chi connectivity index (χ1v) is 6.90. The van der Waals surface area contributed by atoms with Crippen molar-refractivity contribution in [2.45, 2.75) is 0 Å². The molecule has 0 fully saturated rings. The molecule has 0 aromatic heterocycles. The van der Waals surface area contributed by atoms with Crippen molar-refractivity contribution in [2.75, 3.05) is 52.9 Å². The molecule has 0 aliphatic rings. The average Bonchev–Trinajstić information content (AvgIpc) is 2.53. The van der Waals surface area contributed by atoms with E-state index in [4.69, 9.17) is 18.9 Å². The van der Waals surface area contributed by atoms with Gasteiger partial charge >= 0.3 is 0 Å². The second-order valence-corrected chi connectivity index (χ2v) is 4.13. The number of benzene rings is 1. The van der Waals surface area contributed by atoms with Crippen LogP contribution in [0.5, 0.6) is 5.75 Å². The zero-order valence-electron chi connectivity index (χ0n) is 12.2. The fourth-order valence-electron chi connectivity index (χ4n) is 1.48. The lowest BCUT2D eigenvalue weighted by molar-refractivity contribution is -0.384. The van der Waals surface area contributed by atoms with Crippen molar-refractivity contribution in [1.29, 1.82) is 0 Å². The lowest BCUT2D eigenvalue weighted by Crippen LogP contribution is -2.13. The fourth-order valence-corrected chi connectivity index (χ4v) is 1.48. The molecule has 0 aliphatic heterocycles. The number of halogens is 1. The summed E-state index contributed by atoms with van der Waals surface area (Å²) < 4.78 is 32.4. The SMILES string of the molecule is O=[N+]([O-])c1ccc(OCCOCCOCCOCCF)cc1. The van der Waals surface area contributed by atoms with Crippen molar-refractivity contribution < 1.29 is 28.3 Å². The number of rotatable bonds is 13. The largest absolute Gasteiger partial charge is 0.491 e. The van der Waals surface area contributed by atoms with E-state index in [9.17, 15) is 14.5 Å². The van der Waals surface area contributed by atoms with Gasteiger partial charge < -0.3 is 18.9 Å². The average molecular weight is 317 g/mol. The third-order valence-corrected chi connectivity index (χ3v) is 2.51. The lowest BCUT2D eigenvalue weighted by Gasteiger charge is -2.07. The molecular weight excluding hydrogens is 297 g/mol. The van der Waals surface area contributed by atoms with Crippen LogP contribution >= 0.6 is 0 Å². The molecule has 1 rings (SSSR count). The maximum absolute atomic E-state index is 11.7. The third kappa shape index (κ3) is 8.50. The van der Waals surface area contributed by atoms with Crippen molar-refractivity contribution in [3.8, 4) is 5.75 Å². The molecule has 0 saturated heterocycles. The van der Waals surface area contributed by atoms with E-state index in [1.54, 1.807) is 12.1 Å². The maximum Gasteiger partial charge on any atom is 0.269 e. The van der Waals surface area contributed by atoms with E-state index >= 15 is 0 Å². The second kappa shape index (κ2) is 11.8. The Hall–Kier alpha value is -1.77. The molecule has 7 nitrogen and oxygen atoms in total. The Morgan fingerprint density at radius 3 is 1.86 bits per heavy atom. The number of non-ortho nitro benzene ring substituents is 1. The summed E-state index contributed by atoms with van der Waals surface area (Å²) >= 11 is 0. The van der Waals surface area contributed by atoms with Crippen LogP contribution in [-0.4, -0.2) is 57.8 Å². The number of ether oxygens (including phenoxy) is 4. The van der Waals surface area contributed by atoms with Gasteiger partial charge in [0, 0.05) is 12.1 Å². The summed E-state index contributed by atoms with van der Waals surface area (Å²) in [5.41, 5.74) is 0.0243. The summed E-state index contributed by atoms with van der Waals surface area (Å²) in [6.07, 6.45) is 0. The molecule has 0 radical (unpaired) electrons. The lowest BCUT2D eigenvalue weighted by atomic mass is 10.3. The standard InChI is InChI=1S/C14H20FNO6/c15-5-6-19-7-8-20-9-10-21-11-12-22-14-3-1-13(2-4-14)16(17)18/h1-4H,5-12H2. The number of hydrogen-bond donors (Lipinski definition) is 0. The monoisotopic (exact) mass is 317 g/mol. The second-order valence-electron chi connectivity index (χ2n) is 4.13. The molecule has 0 unspecified atom stereocenters. The molecule has 8 heteroatoms. The fraction of sp³-hybridized carbons (Fsp3) is 0.571. The van der Waals surface area contributed by atoms with Gasteiger partial charge in [-0.3, -0.25) is 10.1 Å². The molecule has 1 aromatic rings. The van der Waals surface area contributed by atoms with Gasteiger partial charge in [0.15, 0.2) is 0 Å². The van der Waals surface area contributed by atoms with Crippen molar-refractivity contribution in [2.24, 2.45) is 0 Å². The maximum atomic E-state index is 11.7. The number of alkyl halides is 1. The van der Waals surface area contributed by atoms with Crippen LogP contribution in [-0.2, 0) is 14.2 Å². The van der Waals surface area contributed by atoms with Crippen LogP contribution in [0.3, 0.4) is 0 Å². The highest BCUT2D eigenvalue weighted by atomic mass is 19.1. The van der Waals surface area contributed by atoms with Crippen LogP contribution in [0.2, 0.25) is 0 Å². The van der Waals surface area contributed by atoms with Gasteiger partial charge in [-0.2, -0.15) is 0 Å². The highest BCUT2D eigenvalue weighted by molar-refractivity contribution is 5.35. The Bertz CT molecular complexity index is 414. The normalized spacial score (nSPS) is 10.6. The molecule has 0 atom stereocenters. The van der Waals surface area contributed by atoms with E-state index in [2.05, 4.69) is 0 Å². The van der Waals surface area contributed by atoms with E-state index in [-0.39, 0.29) is 12.3 Å². The Balaban J connectivity index is 1.94. The van der Waals surface area contributed by atoms with Crippen LogP contribution < -0.4 is 4.74 Å². The Kier molecular flexibility index (Phi) is 9.84. The highest BCUT2D eigenvalue weighted by Gasteiger charge is 2.03. The van der Waals surface area contributed by atoms with Crippen molar-refractivity contribution in [3.05, 3.63) is 34.4 Å². The molecule has 0 heterocycles. The van der Waals surface area contributed by atoms with Gasteiger partial charge in [0.2, 0.25) is 0 Å². The molecule has 0 amide bonds. The van der Waals surface area contributed by atoms with Crippen LogP contribution in [0.25, 0.3) is 0 Å². The minimum Gasteiger partial charge on any atom is -0.491 e. The van der Waals surface area contributed by atoms with Crippen LogP contribution in [0.1, 0.15) is 0 Å². The summed E-state index contributed by atoms with van der Waals surface area (Å²) in [4.78, 5) is 10.0. The zero-order valence-corrected chi connectivity index (χ0v) is 12.2. The topological polar surface area (TPSA) is 80.1 Å². The Morgan fingerprint density at radius 1 is 0.864 bits per heavy atom. The molecule has 1 aromatic carbocycles. The number of hydrogen-bond acceptors (Lipinski definition) is 6. The first-order chi connectivity index (χ1) is 10.7. The predicted molar refractivity (Wildman–Crippen MR) is 77.0 cm³/mol. The summed E-state index contributed by atoms with van der Waals surface area (Å²) in [7, 11) is 0. The van der Waals surface area contributed by atoms with Gasteiger partial charge in [-0.25, -0.2) is 4.39 Å². The van der Waals surface area contributed by atoms with Gasteiger partial charge in [0.25, 0.3) is 5.69 Å². The summed E-state index contributed by atoms with van der Waals surface area (Å²) in [6.45, 7) is 1.97. The van der Waals surface area contributed by atoms with Crippen molar-refractivity contribution in [1.82, 2.24) is 0 Å². The van der Waals surface area contributed by atoms with Gasteiger partial charge in [-0.05, 0) is 12.1 Å². The zero-order chi connectivity index (χ0) is 16.0. The van der Waals surface area contributed by atoms with Gasteiger partial charge in [-0.1, -0.05) is 0 Å². The highest BCUT2D eigenvalue weighted by Crippen LogP contribution is 2.16. The summed E-state index contributed by atoms with van der Waals surface area (Å²) in [5, 5.41) is 10.5. The van der Waals surface area contributed by atoms with Gasteiger partial charge in [0.1, 0.15) is 19.0 Å². The first-order valence-electron chi connectivity index (χ1n) is 6.90. The smallest absolute Gasteiger partial charge is 0.269 e. The number of nitro benzene ring substituents is 1. The van der Waals surface area contributed by atoms with Crippen LogP contribution in [0.4, 0.5) is 10.1 Å². The molecule has 0 N–H and O–H groups in total. The molecular formula is C14H20FNO6. The summed E-state index contributed by atoms with van der Waals surface area (Å²) in [5.74, 6) is 0.551. The van der Waals surface area contributed by atoms with E-state index in [0.717, 1.165) is 0 Å². The Morgan fingerprint density at radius 2 is 1.36 bits per heavy atom. The quantitative estimate of drug-likeness (QED) is 0.314. The number of nitro groups is 1. The molecule has 0 saturated carbocycles. The van der Waals surface area contributed by atoms with Gasteiger partial charge in [0.05, 0.1) is 44.6 Å². The van der Waals surface area contributed by atoms with Gasteiger partial charge in [-0.15, -0.1) is 0 Å². The van der Waals surface area contributed by atoms with Crippen molar-refractivity contribution in [3.63, 3.8) is 0 Å². The van der Waals surface area contributed by atoms with E-state index in [1.807, 2.05) is 0 Å². The molecule has 0 spiro atoms. The molecule has 0 bridgehead atoms. The minimum absolute atomic E-state index is 0.0243. The van der Waals surface area contributed by atoms with Crippen molar-refractivity contribution >= 4 is 5.69 Å². The predicted octanol–water partition coefficient (Wildman–Crippen LogP) is 1.99. The van der Waals surface area contributed by atoms with E-state index < -0.39 is 11.6 Å². The Labute approximate surface area is 128 Å². The third-order valence-electron chi connectivity index (χ3n) is 2.51. The van der Waals surface area contributed by atoms with Crippen LogP contribution in [0.15, 0.2) is 24.3 Å². The molecule has 0 aliphatic carbocycles.